The number of rotatable bonds is 13. The molecule has 0 spiro atoms. The van der Waals surface area contributed by atoms with Gasteiger partial charge in [0.05, 0.1) is 22.6 Å². The fraction of sp³-hybridized carbons (Fsp3) is 0.188. The molecule has 0 aliphatic rings. The first-order chi connectivity index (χ1) is 24.4. The van der Waals surface area contributed by atoms with Crippen LogP contribution in [0.1, 0.15) is 58.9 Å². The van der Waals surface area contributed by atoms with E-state index < -0.39 is 23.6 Å². The highest BCUT2D eigenvalue weighted by Gasteiger charge is 2.20. The molecule has 10 N–H and O–H groups in total. The van der Waals surface area contributed by atoms with Crippen molar-refractivity contribution in [3.8, 4) is 0 Å². The summed E-state index contributed by atoms with van der Waals surface area (Å²) >= 11 is 0. The number of nitrogens with zero attached hydrogens (tertiary/aromatic N) is 5. The Morgan fingerprint density at radius 3 is 2.02 bits per heavy atom. The molecular weight excluding hydrogens is 660 g/mol. The SMILES string of the molecule is Cn1cc(NC(=O)c2cc(NC(=O)c3nc(NC(=O)c4cccnc4)cn3C)cn2C)cc1C(=O)Nc1c[nH]c(C(=O)NCCCNC(=N)N)c1. The van der Waals surface area contributed by atoms with E-state index in [-0.39, 0.29) is 40.6 Å². The summed E-state index contributed by atoms with van der Waals surface area (Å²) in [5.41, 5.74) is 7.31. The lowest BCUT2D eigenvalue weighted by molar-refractivity contribution is 0.0946. The molecule has 5 heterocycles. The number of amides is 5. The number of hydrogen-bond donors (Lipinski definition) is 9. The largest absolute Gasteiger partial charge is 0.370 e. The second kappa shape index (κ2) is 15.4. The Morgan fingerprint density at radius 1 is 0.765 bits per heavy atom. The van der Waals surface area contributed by atoms with Crippen molar-refractivity contribution in [2.45, 2.75) is 6.42 Å². The van der Waals surface area contributed by atoms with Crippen molar-refractivity contribution >= 4 is 58.4 Å². The van der Waals surface area contributed by atoms with Gasteiger partial charge in [-0.15, -0.1) is 0 Å². The van der Waals surface area contributed by atoms with Gasteiger partial charge >= 0.3 is 0 Å². The molecule has 0 saturated carbocycles. The van der Waals surface area contributed by atoms with E-state index in [1.54, 1.807) is 51.9 Å². The maximum atomic E-state index is 13.2. The van der Waals surface area contributed by atoms with E-state index in [9.17, 15) is 24.0 Å². The van der Waals surface area contributed by atoms with Crippen molar-refractivity contribution in [3.05, 3.63) is 96.0 Å². The van der Waals surface area contributed by atoms with Crippen LogP contribution in [-0.2, 0) is 21.1 Å². The third-order valence-corrected chi connectivity index (χ3v) is 7.38. The van der Waals surface area contributed by atoms with Gasteiger partial charge in [-0.25, -0.2) is 4.98 Å². The summed E-state index contributed by atoms with van der Waals surface area (Å²) in [5.74, 6) is -2.27. The smallest absolute Gasteiger partial charge is 0.291 e. The third-order valence-electron chi connectivity index (χ3n) is 7.38. The maximum absolute atomic E-state index is 13.2. The summed E-state index contributed by atoms with van der Waals surface area (Å²) in [6.07, 6.45) is 9.63. The van der Waals surface area contributed by atoms with Crippen molar-refractivity contribution < 1.29 is 24.0 Å². The molecule has 0 atom stereocenters. The Balaban J connectivity index is 1.15. The van der Waals surface area contributed by atoms with E-state index in [1.165, 1.54) is 50.5 Å². The average Bonchev–Trinajstić information content (AvgIpc) is 3.87. The zero-order valence-corrected chi connectivity index (χ0v) is 27.8. The number of carbonyl (C=O) groups is 5. The number of nitrogens with one attached hydrogen (secondary N) is 8. The third kappa shape index (κ3) is 8.84. The number of pyridine rings is 1. The molecule has 0 fully saturated rings. The van der Waals surface area contributed by atoms with Gasteiger partial charge in [0, 0.05) is 71.4 Å². The van der Waals surface area contributed by atoms with E-state index in [2.05, 4.69) is 46.9 Å². The Labute approximate surface area is 290 Å². The van der Waals surface area contributed by atoms with Gasteiger partial charge in [-0.3, -0.25) is 34.4 Å². The van der Waals surface area contributed by atoms with Gasteiger partial charge in [0.1, 0.15) is 17.1 Å². The molecule has 0 radical (unpaired) electrons. The number of hydrogen-bond acceptors (Lipinski definition) is 8. The minimum atomic E-state index is -0.565. The summed E-state index contributed by atoms with van der Waals surface area (Å²) in [7, 11) is 4.89. The van der Waals surface area contributed by atoms with Crippen LogP contribution in [0.5, 0.6) is 0 Å². The molecule has 5 aromatic rings. The monoisotopic (exact) mass is 696 g/mol. The van der Waals surface area contributed by atoms with E-state index in [0.717, 1.165) is 0 Å². The van der Waals surface area contributed by atoms with Crippen LogP contribution in [0.25, 0.3) is 0 Å². The Bertz CT molecular complexity index is 2110. The normalized spacial score (nSPS) is 10.6. The van der Waals surface area contributed by atoms with Gasteiger partial charge < -0.3 is 56.3 Å². The molecule has 0 aliphatic heterocycles. The molecule has 264 valence electrons. The van der Waals surface area contributed by atoms with Gasteiger partial charge in [-0.05, 0) is 36.8 Å². The molecular formula is C32H36N14O5. The summed E-state index contributed by atoms with van der Waals surface area (Å²) in [6.45, 7) is 0.802. The molecule has 51 heavy (non-hydrogen) atoms. The van der Waals surface area contributed by atoms with E-state index in [1.807, 2.05) is 0 Å². The quantitative estimate of drug-likeness (QED) is 0.0489. The number of H-pyrrole nitrogens is 1. The van der Waals surface area contributed by atoms with Gasteiger partial charge in [-0.1, -0.05) is 0 Å². The Kier molecular flexibility index (Phi) is 10.6. The zero-order chi connectivity index (χ0) is 36.7. The van der Waals surface area contributed by atoms with Crippen LogP contribution in [0, 0.1) is 5.41 Å². The van der Waals surface area contributed by atoms with Crippen molar-refractivity contribution in [1.82, 2.24) is 39.3 Å². The highest BCUT2D eigenvalue weighted by Crippen LogP contribution is 2.20. The van der Waals surface area contributed by atoms with Crippen molar-refractivity contribution in [2.75, 3.05) is 34.4 Å². The van der Waals surface area contributed by atoms with E-state index >= 15 is 0 Å². The predicted octanol–water partition coefficient (Wildman–Crippen LogP) is 1.43. The van der Waals surface area contributed by atoms with E-state index in [0.29, 0.717) is 42.1 Å². The molecule has 5 amide bonds. The van der Waals surface area contributed by atoms with Gasteiger partial charge in [-0.2, -0.15) is 0 Å². The molecule has 5 rings (SSSR count). The van der Waals surface area contributed by atoms with Gasteiger partial charge in [0.15, 0.2) is 11.8 Å². The van der Waals surface area contributed by atoms with Gasteiger partial charge in [0.2, 0.25) is 5.82 Å². The molecule has 0 bridgehead atoms. The summed E-state index contributed by atoms with van der Waals surface area (Å²) in [5, 5.41) is 23.3. The summed E-state index contributed by atoms with van der Waals surface area (Å²) < 4.78 is 4.53. The molecule has 19 nitrogen and oxygen atoms in total. The lowest BCUT2D eigenvalue weighted by Gasteiger charge is -2.05. The first-order valence-electron chi connectivity index (χ1n) is 15.4. The number of imidazole rings is 1. The second-order valence-electron chi connectivity index (χ2n) is 11.3. The van der Waals surface area contributed by atoms with Crippen LogP contribution < -0.4 is 37.6 Å². The Morgan fingerprint density at radius 2 is 1.39 bits per heavy atom. The van der Waals surface area contributed by atoms with Crippen LogP contribution in [0.3, 0.4) is 0 Å². The minimum absolute atomic E-state index is 0.0239. The first-order valence-corrected chi connectivity index (χ1v) is 15.4. The lowest BCUT2D eigenvalue weighted by atomic mass is 10.3. The molecule has 5 aromatic heterocycles. The minimum Gasteiger partial charge on any atom is -0.370 e. The topological polar surface area (TPSA) is 264 Å². The summed E-state index contributed by atoms with van der Waals surface area (Å²) in [6, 6.07) is 7.71. The number of guanidine groups is 1. The fourth-order valence-corrected chi connectivity index (χ4v) is 4.92. The number of aromatic nitrogens is 6. The first kappa shape index (κ1) is 35.1. The summed E-state index contributed by atoms with van der Waals surface area (Å²) in [4.78, 5) is 75.1. The molecule has 0 unspecified atom stereocenters. The van der Waals surface area contributed by atoms with Crippen molar-refractivity contribution in [1.29, 1.82) is 5.41 Å². The number of nitrogens with two attached hydrogens (primary N) is 1. The second-order valence-corrected chi connectivity index (χ2v) is 11.3. The Hall–Kier alpha value is -7.18. The number of carbonyl (C=O) groups excluding carboxylic acids is 5. The number of aryl methyl sites for hydroxylation is 3. The van der Waals surface area contributed by atoms with Gasteiger partial charge in [0.25, 0.3) is 29.5 Å². The van der Waals surface area contributed by atoms with Crippen molar-refractivity contribution in [2.24, 2.45) is 26.9 Å². The molecule has 19 heteroatoms. The number of aromatic amines is 1. The fourth-order valence-electron chi connectivity index (χ4n) is 4.92. The lowest BCUT2D eigenvalue weighted by Crippen LogP contribution is -2.33. The molecule has 0 saturated heterocycles. The highest BCUT2D eigenvalue weighted by atomic mass is 16.2. The van der Waals surface area contributed by atoms with Crippen LogP contribution in [0.4, 0.5) is 22.9 Å². The van der Waals surface area contributed by atoms with Crippen LogP contribution in [-0.4, -0.2) is 77.2 Å². The average molecular weight is 697 g/mol. The van der Waals surface area contributed by atoms with Crippen LogP contribution in [0.2, 0.25) is 0 Å². The maximum Gasteiger partial charge on any atom is 0.291 e. The standard InChI is InChI=1S/C32H36N14O5/c1-44-15-20(11-23(44)29(49)39-19-10-22(38-14-19)28(48)36-8-5-9-37-32(33)34)40-30(50)24-12-21(16-45(24)2)41-31(51)26-42-25(17-46(26)3)43-27(47)18-6-4-7-35-13-18/h4,6-7,10-17,38H,5,8-9H2,1-3H3,(H,36,48)(H,39,49)(H,40,50)(H,41,51)(H,43,47)(H4,33,34,37). The highest BCUT2D eigenvalue weighted by molar-refractivity contribution is 6.09. The van der Waals surface area contributed by atoms with Crippen LogP contribution >= 0.6 is 0 Å². The van der Waals surface area contributed by atoms with E-state index in [4.69, 9.17) is 11.1 Å². The van der Waals surface area contributed by atoms with Crippen LogP contribution in [0.15, 0.2) is 67.5 Å². The number of anilines is 4. The molecule has 0 aromatic carbocycles. The zero-order valence-electron chi connectivity index (χ0n) is 27.8. The molecule has 0 aliphatic carbocycles. The predicted molar refractivity (Wildman–Crippen MR) is 188 cm³/mol. The van der Waals surface area contributed by atoms with Crippen molar-refractivity contribution in [3.63, 3.8) is 0 Å².